The highest BCUT2D eigenvalue weighted by atomic mass is 32.1. The lowest BCUT2D eigenvalue weighted by Gasteiger charge is -2.38. The van der Waals surface area contributed by atoms with Crippen molar-refractivity contribution in [2.24, 2.45) is 0 Å². The van der Waals surface area contributed by atoms with Gasteiger partial charge in [0.1, 0.15) is 5.75 Å². The fourth-order valence-electron chi connectivity index (χ4n) is 4.53. The molecule has 178 valence electrons. The maximum absolute atomic E-state index is 12.7. The number of ether oxygens (including phenoxy) is 2. The van der Waals surface area contributed by atoms with Gasteiger partial charge < -0.3 is 19.4 Å². The number of ketones is 1. The highest BCUT2D eigenvalue weighted by Crippen LogP contribution is 2.42. The predicted molar refractivity (Wildman–Crippen MR) is 134 cm³/mol. The molecule has 4 heterocycles. The van der Waals surface area contributed by atoms with Crippen molar-refractivity contribution in [3.63, 3.8) is 0 Å². The highest BCUT2D eigenvalue weighted by molar-refractivity contribution is 7.19. The molecule has 8 nitrogen and oxygen atoms in total. The number of carbonyl (C=O) groups is 1. The van der Waals surface area contributed by atoms with Crippen molar-refractivity contribution in [3.8, 4) is 27.4 Å². The van der Waals surface area contributed by atoms with Crippen LogP contribution in [-0.2, 0) is 11.3 Å². The van der Waals surface area contributed by atoms with E-state index in [2.05, 4.69) is 34.8 Å². The Bertz CT molecular complexity index is 1310. The van der Waals surface area contributed by atoms with Crippen molar-refractivity contribution >= 4 is 22.3 Å². The fourth-order valence-corrected chi connectivity index (χ4v) is 5.52. The number of fused-ring (bicyclic) bond motifs is 3. The molecule has 0 radical (unpaired) electrons. The number of pyridine rings is 1. The van der Waals surface area contributed by atoms with Crippen molar-refractivity contribution in [2.45, 2.75) is 33.4 Å². The smallest absolute Gasteiger partial charge is 0.193 e. The van der Waals surface area contributed by atoms with Crippen LogP contribution in [0.4, 0.5) is 5.13 Å². The maximum Gasteiger partial charge on any atom is 0.193 e. The summed E-state index contributed by atoms with van der Waals surface area (Å²) in [5.74, 6) is 0.493. The van der Waals surface area contributed by atoms with Gasteiger partial charge in [0.15, 0.2) is 16.3 Å². The molecule has 9 heteroatoms. The molecule has 0 amide bonds. The molecule has 1 fully saturated rings. The van der Waals surface area contributed by atoms with E-state index in [9.17, 15) is 9.59 Å². The van der Waals surface area contributed by atoms with Gasteiger partial charge in [0, 0.05) is 48.7 Å². The molecule has 5 rings (SSSR count). The number of morpholine rings is 1. The van der Waals surface area contributed by atoms with Crippen molar-refractivity contribution in [1.82, 2.24) is 9.66 Å². The minimum atomic E-state index is -0.268. The summed E-state index contributed by atoms with van der Waals surface area (Å²) in [6.45, 7) is 9.38. The summed E-state index contributed by atoms with van der Waals surface area (Å²) >= 11 is 1.65. The molecule has 2 aliphatic rings. The van der Waals surface area contributed by atoms with Crippen LogP contribution in [0.1, 0.15) is 36.7 Å². The third-order valence-electron chi connectivity index (χ3n) is 6.36. The zero-order valence-electron chi connectivity index (χ0n) is 19.8. The normalized spacial score (nSPS) is 15.3. The van der Waals surface area contributed by atoms with Gasteiger partial charge in [-0.05, 0) is 38.5 Å². The lowest BCUT2D eigenvalue weighted by Crippen LogP contribution is -2.44. The molecule has 2 aromatic heterocycles. The third-order valence-corrected chi connectivity index (χ3v) is 7.45. The monoisotopic (exact) mass is 480 g/mol. The van der Waals surface area contributed by atoms with Gasteiger partial charge in [0.25, 0.3) is 0 Å². The minimum Gasteiger partial charge on any atom is -0.496 e. The lowest BCUT2D eigenvalue weighted by atomic mass is 9.96. The van der Waals surface area contributed by atoms with Gasteiger partial charge in [-0.3, -0.25) is 14.3 Å². The second-order valence-electron chi connectivity index (χ2n) is 8.84. The Morgan fingerprint density at radius 3 is 2.62 bits per heavy atom. The van der Waals surface area contributed by atoms with E-state index in [0.717, 1.165) is 51.2 Å². The summed E-state index contributed by atoms with van der Waals surface area (Å²) in [7, 11) is 1.66. The van der Waals surface area contributed by atoms with E-state index >= 15 is 0 Å². The first-order chi connectivity index (χ1) is 16.4. The number of Topliss-reactive ketones (excluding diaryl/α,β-unsaturated/α-hetero) is 1. The Kier molecular flexibility index (Phi) is 5.91. The summed E-state index contributed by atoms with van der Waals surface area (Å²) in [6.07, 6.45) is 3.57. The van der Waals surface area contributed by atoms with Gasteiger partial charge in [-0.1, -0.05) is 11.3 Å². The standard InChI is InChI=1S/C25H28N4O4S/c1-15(2)28-13-17-9-19(24-12-26-25(34-24)27-5-7-33-8-6-27)23(32-4)10-18(17)21-11-22(31)20(16(3)30)14-29(21)28/h9-12,14-15H,5-8,13H2,1-4H3. The number of rotatable bonds is 5. The number of hydrogen-bond donors (Lipinski definition) is 0. The van der Waals surface area contributed by atoms with Crippen LogP contribution in [0, 0.1) is 0 Å². The predicted octanol–water partition coefficient (Wildman–Crippen LogP) is 3.55. The van der Waals surface area contributed by atoms with Crippen LogP contribution < -0.4 is 20.1 Å². The first-order valence-corrected chi connectivity index (χ1v) is 12.2. The Hall–Kier alpha value is -3.17. The summed E-state index contributed by atoms with van der Waals surface area (Å²) in [6, 6.07) is 5.87. The van der Waals surface area contributed by atoms with Crippen LogP contribution in [0.2, 0.25) is 0 Å². The van der Waals surface area contributed by atoms with Gasteiger partial charge in [0.05, 0.1) is 43.0 Å². The van der Waals surface area contributed by atoms with Crippen LogP contribution in [-0.4, -0.2) is 54.9 Å². The number of thiazole rings is 1. The van der Waals surface area contributed by atoms with Gasteiger partial charge >= 0.3 is 0 Å². The topological polar surface area (TPSA) is 76.9 Å². The third kappa shape index (κ3) is 3.88. The molecule has 0 unspecified atom stereocenters. The van der Waals surface area contributed by atoms with E-state index in [1.165, 1.54) is 6.92 Å². The van der Waals surface area contributed by atoms with Crippen LogP contribution in [0.5, 0.6) is 5.75 Å². The van der Waals surface area contributed by atoms with Crippen LogP contribution in [0.3, 0.4) is 0 Å². The van der Waals surface area contributed by atoms with Crippen molar-refractivity contribution < 1.29 is 14.3 Å². The van der Waals surface area contributed by atoms with Gasteiger partial charge in [-0.15, -0.1) is 0 Å². The van der Waals surface area contributed by atoms with Crippen molar-refractivity contribution in [3.05, 3.63) is 51.9 Å². The van der Waals surface area contributed by atoms with Crippen molar-refractivity contribution in [2.75, 3.05) is 43.3 Å². The van der Waals surface area contributed by atoms with Crippen LogP contribution in [0.15, 0.2) is 35.4 Å². The second kappa shape index (κ2) is 8.88. The molecule has 2 aliphatic heterocycles. The number of methoxy groups -OCH3 is 1. The van der Waals surface area contributed by atoms with E-state index in [-0.39, 0.29) is 22.8 Å². The van der Waals surface area contributed by atoms with E-state index in [1.807, 2.05) is 16.9 Å². The Morgan fingerprint density at radius 2 is 1.94 bits per heavy atom. The molecular formula is C25H28N4O4S. The molecule has 0 atom stereocenters. The molecule has 0 spiro atoms. The van der Waals surface area contributed by atoms with E-state index in [4.69, 9.17) is 9.47 Å². The van der Waals surface area contributed by atoms with E-state index in [1.54, 1.807) is 30.7 Å². The zero-order valence-corrected chi connectivity index (χ0v) is 20.6. The Morgan fingerprint density at radius 1 is 1.18 bits per heavy atom. The van der Waals surface area contributed by atoms with Gasteiger partial charge in [0.2, 0.25) is 0 Å². The van der Waals surface area contributed by atoms with E-state index < -0.39 is 0 Å². The summed E-state index contributed by atoms with van der Waals surface area (Å²) in [5.41, 5.74) is 3.70. The maximum atomic E-state index is 12.7. The van der Waals surface area contributed by atoms with E-state index in [0.29, 0.717) is 19.8 Å². The number of aromatic nitrogens is 2. The zero-order chi connectivity index (χ0) is 24.0. The first-order valence-electron chi connectivity index (χ1n) is 11.4. The SMILES string of the molecule is COc1cc2c(cc1-c1cnc(N3CCOCC3)s1)CN(C(C)C)n1cc(C(C)=O)c(=O)cc1-2. The molecule has 0 aliphatic carbocycles. The summed E-state index contributed by atoms with van der Waals surface area (Å²) < 4.78 is 13.2. The molecule has 1 aromatic carbocycles. The first kappa shape index (κ1) is 22.6. The molecule has 0 saturated carbocycles. The summed E-state index contributed by atoms with van der Waals surface area (Å²) in [5, 5.41) is 3.14. The fraction of sp³-hybridized carbons (Fsp3) is 0.400. The molecule has 0 bridgehead atoms. The molecule has 3 aromatic rings. The quantitative estimate of drug-likeness (QED) is 0.517. The Labute approximate surface area is 202 Å². The summed E-state index contributed by atoms with van der Waals surface area (Å²) in [4.78, 5) is 32.7. The average Bonchev–Trinajstić information content (AvgIpc) is 3.33. The minimum absolute atomic E-state index is 0.163. The number of hydrogen-bond acceptors (Lipinski definition) is 8. The molecule has 0 N–H and O–H groups in total. The number of nitrogens with zero attached hydrogens (tertiary/aromatic N) is 4. The van der Waals surface area contributed by atoms with Crippen LogP contribution >= 0.6 is 11.3 Å². The number of benzene rings is 1. The Balaban J connectivity index is 1.62. The molecule has 1 saturated heterocycles. The van der Waals surface area contributed by atoms with Crippen molar-refractivity contribution in [1.29, 1.82) is 0 Å². The van der Waals surface area contributed by atoms with Crippen LogP contribution in [0.25, 0.3) is 21.7 Å². The molecular weight excluding hydrogens is 452 g/mol. The lowest BCUT2D eigenvalue weighted by molar-refractivity contribution is 0.101. The number of anilines is 1. The highest BCUT2D eigenvalue weighted by Gasteiger charge is 2.27. The average molecular weight is 481 g/mol. The van der Waals surface area contributed by atoms with Gasteiger partial charge in [-0.25, -0.2) is 4.98 Å². The van der Waals surface area contributed by atoms with Gasteiger partial charge in [-0.2, -0.15) is 0 Å². The number of carbonyl (C=O) groups excluding carboxylic acids is 1. The molecule has 34 heavy (non-hydrogen) atoms. The largest absolute Gasteiger partial charge is 0.496 e. The second-order valence-corrected chi connectivity index (χ2v) is 9.85.